The zero-order valence-corrected chi connectivity index (χ0v) is 67.1. The Morgan fingerprint density at radius 2 is 0.621 bits per heavy atom. The van der Waals surface area contributed by atoms with Crippen LogP contribution in [0.2, 0.25) is 0 Å². The number of aliphatic hydroxyl groups excluding tert-OH is 8. The van der Waals surface area contributed by atoms with Gasteiger partial charge in [0.05, 0.1) is 32.0 Å². The molecular formula is C89H169NO13. The van der Waals surface area contributed by atoms with Crippen LogP contribution in [-0.2, 0) is 23.7 Å². The van der Waals surface area contributed by atoms with E-state index in [1.54, 1.807) is 6.08 Å². The third-order valence-corrected chi connectivity index (χ3v) is 22.1. The number of allylic oxidation sites excluding steroid dienone is 5. The fourth-order valence-corrected chi connectivity index (χ4v) is 15.0. The second-order valence-corrected chi connectivity index (χ2v) is 31.7. The highest BCUT2D eigenvalue weighted by atomic mass is 16.7. The number of aliphatic hydroxyl groups is 8. The minimum Gasteiger partial charge on any atom is -0.394 e. The van der Waals surface area contributed by atoms with Crippen molar-refractivity contribution in [2.75, 3.05) is 19.8 Å². The maximum atomic E-state index is 13.4. The van der Waals surface area contributed by atoms with E-state index in [9.17, 15) is 45.6 Å². The van der Waals surface area contributed by atoms with Crippen molar-refractivity contribution >= 4 is 5.91 Å². The smallest absolute Gasteiger partial charge is 0.220 e. The summed E-state index contributed by atoms with van der Waals surface area (Å²) < 4.78 is 22.9. The van der Waals surface area contributed by atoms with Crippen molar-refractivity contribution in [1.29, 1.82) is 0 Å². The van der Waals surface area contributed by atoms with Gasteiger partial charge in [0, 0.05) is 6.42 Å². The Balaban J connectivity index is 1.58. The van der Waals surface area contributed by atoms with Gasteiger partial charge in [-0.1, -0.05) is 416 Å². The van der Waals surface area contributed by atoms with Crippen molar-refractivity contribution in [3.63, 3.8) is 0 Å². The van der Waals surface area contributed by atoms with Gasteiger partial charge in [0.15, 0.2) is 12.6 Å². The summed E-state index contributed by atoms with van der Waals surface area (Å²) in [6, 6.07) is -0.939. The summed E-state index contributed by atoms with van der Waals surface area (Å²) in [6.45, 7) is 2.86. The number of hydrogen-bond donors (Lipinski definition) is 9. The summed E-state index contributed by atoms with van der Waals surface area (Å²) in [5, 5.41) is 87.8. The first-order valence-electron chi connectivity index (χ1n) is 44.7. The quantitative estimate of drug-likeness (QED) is 0.0204. The van der Waals surface area contributed by atoms with E-state index >= 15 is 0 Å². The van der Waals surface area contributed by atoms with Gasteiger partial charge in [0.1, 0.15) is 48.8 Å². The Kier molecular flexibility index (Phi) is 69.0. The number of carbonyl (C=O) groups is 1. The average Bonchev–Trinajstić information content (AvgIpc) is 0.791. The lowest BCUT2D eigenvalue weighted by atomic mass is 9.97. The van der Waals surface area contributed by atoms with Crippen molar-refractivity contribution in [3.05, 3.63) is 36.5 Å². The van der Waals surface area contributed by atoms with Gasteiger partial charge in [-0.05, 0) is 44.9 Å². The number of nitrogens with one attached hydrogen (secondary N) is 1. The van der Waals surface area contributed by atoms with Crippen LogP contribution < -0.4 is 5.32 Å². The molecule has 0 aromatic heterocycles. The normalized spacial score (nSPS) is 21.7. The van der Waals surface area contributed by atoms with E-state index < -0.39 is 86.8 Å². The molecule has 0 aliphatic carbocycles. The molecule has 12 unspecified atom stereocenters. The molecule has 2 fully saturated rings. The van der Waals surface area contributed by atoms with Gasteiger partial charge in [-0.3, -0.25) is 4.79 Å². The van der Waals surface area contributed by atoms with Crippen molar-refractivity contribution < 1.29 is 64.6 Å². The van der Waals surface area contributed by atoms with E-state index in [0.29, 0.717) is 12.8 Å². The maximum absolute atomic E-state index is 13.4. The number of amides is 1. The molecule has 0 bridgehead atoms. The van der Waals surface area contributed by atoms with Crippen LogP contribution in [-0.4, -0.2) is 140 Å². The largest absolute Gasteiger partial charge is 0.394 e. The van der Waals surface area contributed by atoms with Crippen molar-refractivity contribution in [3.8, 4) is 0 Å². The van der Waals surface area contributed by atoms with Gasteiger partial charge in [-0.25, -0.2) is 0 Å². The van der Waals surface area contributed by atoms with Gasteiger partial charge in [0.25, 0.3) is 0 Å². The van der Waals surface area contributed by atoms with Crippen LogP contribution in [0.4, 0.5) is 0 Å². The predicted octanol–water partition coefficient (Wildman–Crippen LogP) is 21.5. The molecule has 2 aliphatic heterocycles. The molecule has 2 aliphatic rings. The zero-order chi connectivity index (χ0) is 74.4. The van der Waals surface area contributed by atoms with Gasteiger partial charge >= 0.3 is 0 Å². The molecule has 9 N–H and O–H groups in total. The molecule has 608 valence electrons. The average molecular weight is 1460 g/mol. The Hall–Kier alpha value is -1.79. The van der Waals surface area contributed by atoms with E-state index in [2.05, 4.69) is 43.5 Å². The summed E-state index contributed by atoms with van der Waals surface area (Å²) in [7, 11) is 0. The molecule has 14 heteroatoms. The van der Waals surface area contributed by atoms with Crippen molar-refractivity contribution in [2.24, 2.45) is 0 Å². The zero-order valence-electron chi connectivity index (χ0n) is 67.1. The predicted molar refractivity (Wildman–Crippen MR) is 429 cm³/mol. The van der Waals surface area contributed by atoms with E-state index in [1.165, 1.54) is 353 Å². The van der Waals surface area contributed by atoms with Crippen LogP contribution in [0.5, 0.6) is 0 Å². The third-order valence-electron chi connectivity index (χ3n) is 22.1. The van der Waals surface area contributed by atoms with E-state index in [0.717, 1.165) is 44.9 Å². The lowest BCUT2D eigenvalue weighted by Crippen LogP contribution is -2.65. The molecule has 14 nitrogen and oxygen atoms in total. The molecular weight excluding hydrogens is 1290 g/mol. The second kappa shape index (κ2) is 73.0. The van der Waals surface area contributed by atoms with Crippen LogP contribution in [0.15, 0.2) is 36.5 Å². The molecule has 0 aromatic rings. The summed E-state index contributed by atoms with van der Waals surface area (Å²) >= 11 is 0. The minimum absolute atomic E-state index is 0.244. The second-order valence-electron chi connectivity index (χ2n) is 31.7. The first-order valence-corrected chi connectivity index (χ1v) is 44.7. The third kappa shape index (κ3) is 55.3. The molecule has 2 heterocycles. The molecule has 12 atom stereocenters. The number of rotatable bonds is 77. The van der Waals surface area contributed by atoms with Crippen molar-refractivity contribution in [2.45, 2.75) is 505 Å². The number of ether oxygens (including phenoxy) is 4. The highest BCUT2D eigenvalue weighted by Crippen LogP contribution is 2.31. The lowest BCUT2D eigenvalue weighted by Gasteiger charge is -2.46. The van der Waals surface area contributed by atoms with Gasteiger partial charge in [0.2, 0.25) is 5.91 Å². The monoisotopic (exact) mass is 1460 g/mol. The topological polar surface area (TPSA) is 228 Å². The SMILES string of the molecule is CCCCCCCCCCCCCCCCCCCCCCC/C=C/CC/C=C/CC/C=C/C(O)C(COC1OC(CO)C(OC2OC(CO)C(O)C(O)C2O)C(O)C1O)NC(=O)CCCCCCCCCCCCCCCCCCCCCCCCCCCCCCCCCCCCCCCC. The van der Waals surface area contributed by atoms with Crippen LogP contribution in [0, 0.1) is 0 Å². The van der Waals surface area contributed by atoms with Gasteiger partial charge in [-0.15, -0.1) is 0 Å². The van der Waals surface area contributed by atoms with Crippen LogP contribution in [0.3, 0.4) is 0 Å². The van der Waals surface area contributed by atoms with E-state index in [-0.39, 0.29) is 18.9 Å². The Bertz CT molecular complexity index is 1870. The number of hydrogen-bond acceptors (Lipinski definition) is 13. The standard InChI is InChI=1S/C89H169NO13/c1-3-5-7-9-11-13-15-17-19-21-23-25-27-29-31-33-35-36-37-38-39-40-41-43-45-47-49-51-53-55-57-59-61-63-65-67-69-71-73-81(94)90-77(76-100-88-86(99)84(97)87(80(75-92)102-88)103-89-85(98)83(96)82(95)79(74-91)101-89)78(93)72-70-68-66-64-62-60-58-56-54-52-50-48-46-44-42-34-32-30-28-26-24-22-20-18-16-14-12-10-8-6-4-2/h54,56,62,64,70,72,77-80,82-89,91-93,95-99H,3-53,55,57-61,63,65-69,71,73-76H2,1-2H3,(H,90,94)/b56-54+,64-62+,72-70+. The fourth-order valence-electron chi connectivity index (χ4n) is 15.0. The summed E-state index contributed by atoms with van der Waals surface area (Å²) in [5.74, 6) is -0.244. The Morgan fingerprint density at radius 1 is 0.340 bits per heavy atom. The molecule has 1 amide bonds. The molecule has 2 saturated heterocycles. The summed E-state index contributed by atoms with van der Waals surface area (Å²) in [4.78, 5) is 13.4. The van der Waals surface area contributed by atoms with E-state index in [4.69, 9.17) is 18.9 Å². The number of unbranched alkanes of at least 4 members (excludes halogenated alkanes) is 60. The minimum atomic E-state index is -1.79. The van der Waals surface area contributed by atoms with Crippen molar-refractivity contribution in [1.82, 2.24) is 5.32 Å². The molecule has 2 rings (SSSR count). The Morgan fingerprint density at radius 3 is 0.951 bits per heavy atom. The Labute approximate surface area is 633 Å². The van der Waals surface area contributed by atoms with Crippen LogP contribution >= 0.6 is 0 Å². The molecule has 0 aromatic carbocycles. The number of carbonyl (C=O) groups excluding carboxylic acids is 1. The van der Waals surface area contributed by atoms with Crippen LogP contribution in [0.1, 0.15) is 431 Å². The van der Waals surface area contributed by atoms with Crippen LogP contribution in [0.25, 0.3) is 0 Å². The van der Waals surface area contributed by atoms with Gasteiger partial charge < -0.3 is 65.1 Å². The van der Waals surface area contributed by atoms with E-state index in [1.807, 2.05) is 6.08 Å². The lowest BCUT2D eigenvalue weighted by molar-refractivity contribution is -0.359. The van der Waals surface area contributed by atoms with Gasteiger partial charge in [-0.2, -0.15) is 0 Å². The molecule has 103 heavy (non-hydrogen) atoms. The molecule has 0 radical (unpaired) electrons. The highest BCUT2D eigenvalue weighted by Gasteiger charge is 2.51. The molecule has 0 spiro atoms. The fraction of sp³-hybridized carbons (Fsp3) is 0.921. The summed E-state index contributed by atoms with van der Waals surface area (Å²) in [5.41, 5.74) is 0. The first-order chi connectivity index (χ1) is 50.6. The summed E-state index contributed by atoms with van der Waals surface area (Å²) in [6.07, 6.45) is 81.4. The highest BCUT2D eigenvalue weighted by molar-refractivity contribution is 5.76. The maximum Gasteiger partial charge on any atom is 0.220 e. The first kappa shape index (κ1) is 97.3. The molecule has 0 saturated carbocycles.